The number of nitrogens with one attached hydrogen (secondary N) is 1. The number of aromatic nitrogens is 2. The van der Waals surface area contributed by atoms with Crippen molar-refractivity contribution < 1.29 is 21.6 Å². The molecule has 1 atom stereocenters. The summed E-state index contributed by atoms with van der Waals surface area (Å²) in [7, 11) is -4.39. The molecule has 0 amide bonds. The lowest BCUT2D eigenvalue weighted by molar-refractivity contribution is -0.139. The first kappa shape index (κ1) is 18.2. The number of alkyl halides is 3. The molecule has 0 saturated heterocycles. The lowest BCUT2D eigenvalue weighted by Crippen LogP contribution is -2.34. The Balaban J connectivity index is 1.80. The maximum atomic E-state index is 13.1. The van der Waals surface area contributed by atoms with E-state index < -0.39 is 31.7 Å². The SMILES string of the molecule is O=S(=O)(NCC1CCc2nccn2C1)c1c(Cl)cccc1C(F)(F)F. The first-order valence-corrected chi connectivity index (χ1v) is 9.40. The van der Waals surface area contributed by atoms with Crippen LogP contribution in [0.15, 0.2) is 35.5 Å². The second-order valence-corrected chi connectivity index (χ2v) is 7.98. The Bertz CT molecular complexity index is 880. The molecule has 1 N–H and O–H groups in total. The van der Waals surface area contributed by atoms with Gasteiger partial charge in [-0.2, -0.15) is 13.2 Å². The van der Waals surface area contributed by atoms with E-state index >= 15 is 0 Å². The van der Waals surface area contributed by atoms with Crippen molar-refractivity contribution in [1.82, 2.24) is 14.3 Å². The van der Waals surface area contributed by atoms with Crippen molar-refractivity contribution in [2.45, 2.75) is 30.5 Å². The summed E-state index contributed by atoms with van der Waals surface area (Å²) in [5.74, 6) is 0.887. The molecule has 0 fully saturated rings. The van der Waals surface area contributed by atoms with Gasteiger partial charge in [-0.15, -0.1) is 0 Å². The molecular formula is C15H15ClF3N3O2S. The van der Waals surface area contributed by atoms with E-state index in [0.29, 0.717) is 25.5 Å². The average molecular weight is 394 g/mol. The topological polar surface area (TPSA) is 64.0 Å². The zero-order valence-electron chi connectivity index (χ0n) is 12.9. The second-order valence-electron chi connectivity index (χ2n) is 5.87. The van der Waals surface area contributed by atoms with Crippen molar-refractivity contribution in [3.05, 3.63) is 47.0 Å². The molecule has 0 saturated carbocycles. The third-order valence-corrected chi connectivity index (χ3v) is 6.09. The number of imidazole rings is 1. The van der Waals surface area contributed by atoms with Crippen molar-refractivity contribution >= 4 is 21.6 Å². The van der Waals surface area contributed by atoms with Gasteiger partial charge < -0.3 is 4.57 Å². The molecule has 1 unspecified atom stereocenters. The van der Waals surface area contributed by atoms with Crippen LogP contribution in [0.5, 0.6) is 0 Å². The zero-order chi connectivity index (χ0) is 18.2. The van der Waals surface area contributed by atoms with Crippen LogP contribution in [0, 0.1) is 5.92 Å². The van der Waals surface area contributed by atoms with Gasteiger partial charge >= 0.3 is 6.18 Å². The van der Waals surface area contributed by atoms with Gasteiger partial charge in [-0.1, -0.05) is 17.7 Å². The summed E-state index contributed by atoms with van der Waals surface area (Å²) in [5.41, 5.74) is -1.27. The number of halogens is 4. The number of nitrogens with zero attached hydrogens (tertiary/aromatic N) is 2. The smallest absolute Gasteiger partial charge is 0.335 e. The summed E-state index contributed by atoms with van der Waals surface area (Å²) in [6.45, 7) is 0.592. The molecule has 136 valence electrons. The highest BCUT2D eigenvalue weighted by Crippen LogP contribution is 2.37. The summed E-state index contributed by atoms with van der Waals surface area (Å²) >= 11 is 5.76. The van der Waals surface area contributed by atoms with E-state index in [2.05, 4.69) is 9.71 Å². The number of hydrogen-bond donors (Lipinski definition) is 1. The Labute approximate surface area is 147 Å². The Morgan fingerprint density at radius 3 is 2.84 bits per heavy atom. The predicted octanol–water partition coefficient (Wildman–Crippen LogP) is 3.10. The van der Waals surface area contributed by atoms with Gasteiger partial charge in [-0.3, -0.25) is 0 Å². The molecule has 0 radical (unpaired) electrons. The molecule has 0 spiro atoms. The van der Waals surface area contributed by atoms with Crippen LogP contribution in [0.25, 0.3) is 0 Å². The molecule has 2 heterocycles. The molecule has 1 aromatic carbocycles. The number of fused-ring (bicyclic) bond motifs is 1. The summed E-state index contributed by atoms with van der Waals surface area (Å²) in [4.78, 5) is 3.25. The minimum atomic E-state index is -4.81. The molecule has 1 aliphatic heterocycles. The van der Waals surface area contributed by atoms with Gasteiger partial charge in [0.15, 0.2) is 0 Å². The molecule has 2 aromatic rings. The van der Waals surface area contributed by atoms with Gasteiger partial charge in [-0.25, -0.2) is 18.1 Å². The monoisotopic (exact) mass is 393 g/mol. The highest BCUT2D eigenvalue weighted by molar-refractivity contribution is 7.89. The van der Waals surface area contributed by atoms with Crippen LogP contribution in [-0.2, 0) is 29.2 Å². The average Bonchev–Trinajstić information content (AvgIpc) is 2.99. The van der Waals surface area contributed by atoms with E-state index in [9.17, 15) is 21.6 Å². The molecule has 1 aliphatic rings. The minimum Gasteiger partial charge on any atom is -0.335 e. The van der Waals surface area contributed by atoms with Crippen LogP contribution in [0.1, 0.15) is 17.8 Å². The van der Waals surface area contributed by atoms with E-state index in [1.165, 1.54) is 0 Å². The predicted molar refractivity (Wildman–Crippen MR) is 85.7 cm³/mol. The van der Waals surface area contributed by atoms with Crippen LogP contribution in [0.3, 0.4) is 0 Å². The highest BCUT2D eigenvalue weighted by Gasteiger charge is 2.38. The largest absolute Gasteiger partial charge is 0.417 e. The number of benzene rings is 1. The first-order chi connectivity index (χ1) is 11.7. The number of hydrogen-bond acceptors (Lipinski definition) is 3. The van der Waals surface area contributed by atoms with Gasteiger partial charge in [0.2, 0.25) is 10.0 Å². The molecule has 3 rings (SSSR count). The quantitative estimate of drug-likeness (QED) is 0.868. The molecule has 10 heteroatoms. The van der Waals surface area contributed by atoms with Crippen LogP contribution < -0.4 is 4.72 Å². The van der Waals surface area contributed by atoms with Crippen molar-refractivity contribution in [1.29, 1.82) is 0 Å². The van der Waals surface area contributed by atoms with Crippen LogP contribution in [0.2, 0.25) is 5.02 Å². The van der Waals surface area contributed by atoms with Gasteiger partial charge in [0.1, 0.15) is 10.7 Å². The Kier molecular flexibility index (Phi) is 4.82. The Morgan fingerprint density at radius 1 is 1.36 bits per heavy atom. The van der Waals surface area contributed by atoms with Gasteiger partial charge in [-0.05, 0) is 24.5 Å². The third-order valence-electron chi connectivity index (χ3n) is 4.14. The normalized spacial score (nSPS) is 18.2. The van der Waals surface area contributed by atoms with Crippen molar-refractivity contribution in [3.8, 4) is 0 Å². The van der Waals surface area contributed by atoms with E-state index in [0.717, 1.165) is 18.0 Å². The lowest BCUT2D eigenvalue weighted by atomic mass is 10.00. The Morgan fingerprint density at radius 2 is 2.12 bits per heavy atom. The fourth-order valence-corrected chi connectivity index (χ4v) is 4.79. The van der Waals surface area contributed by atoms with Crippen LogP contribution >= 0.6 is 11.6 Å². The van der Waals surface area contributed by atoms with Gasteiger partial charge in [0.05, 0.1) is 10.6 Å². The van der Waals surface area contributed by atoms with E-state index in [1.807, 2.05) is 4.57 Å². The van der Waals surface area contributed by atoms with Crippen LogP contribution in [0.4, 0.5) is 13.2 Å². The highest BCUT2D eigenvalue weighted by atomic mass is 35.5. The molecule has 25 heavy (non-hydrogen) atoms. The molecule has 0 aliphatic carbocycles. The summed E-state index contributed by atoms with van der Waals surface area (Å²) in [6, 6.07) is 2.91. The van der Waals surface area contributed by atoms with Crippen LogP contribution in [-0.4, -0.2) is 24.5 Å². The van der Waals surface area contributed by atoms with Gasteiger partial charge in [0, 0.05) is 31.9 Å². The fraction of sp³-hybridized carbons (Fsp3) is 0.400. The van der Waals surface area contributed by atoms with Crippen molar-refractivity contribution in [2.24, 2.45) is 5.92 Å². The maximum absolute atomic E-state index is 13.1. The van der Waals surface area contributed by atoms with E-state index in [4.69, 9.17) is 11.6 Å². The summed E-state index contributed by atoms with van der Waals surface area (Å²) in [6.07, 6.45) is 0.0477. The van der Waals surface area contributed by atoms with E-state index in [-0.39, 0.29) is 12.5 Å². The summed E-state index contributed by atoms with van der Waals surface area (Å²) < 4.78 is 68.4. The minimum absolute atomic E-state index is 0.0302. The molecular weight excluding hydrogens is 379 g/mol. The fourth-order valence-electron chi connectivity index (χ4n) is 2.91. The first-order valence-electron chi connectivity index (χ1n) is 7.54. The lowest BCUT2D eigenvalue weighted by Gasteiger charge is -2.24. The van der Waals surface area contributed by atoms with Crippen molar-refractivity contribution in [3.63, 3.8) is 0 Å². The molecule has 1 aromatic heterocycles. The number of aryl methyl sites for hydroxylation is 1. The number of sulfonamides is 1. The molecule has 0 bridgehead atoms. The maximum Gasteiger partial charge on any atom is 0.417 e. The zero-order valence-corrected chi connectivity index (χ0v) is 14.5. The van der Waals surface area contributed by atoms with Gasteiger partial charge in [0.25, 0.3) is 0 Å². The van der Waals surface area contributed by atoms with E-state index in [1.54, 1.807) is 12.4 Å². The number of rotatable bonds is 4. The Hall–Kier alpha value is -1.58. The second kappa shape index (κ2) is 6.62. The molecule has 5 nitrogen and oxygen atoms in total. The van der Waals surface area contributed by atoms with Crippen molar-refractivity contribution in [2.75, 3.05) is 6.54 Å². The summed E-state index contributed by atoms with van der Waals surface area (Å²) in [5, 5.41) is -0.456. The standard InChI is InChI=1S/C15H15ClF3N3O2S/c16-12-3-1-2-11(15(17,18)19)14(12)25(23,24)21-8-10-4-5-13-20-6-7-22(13)9-10/h1-3,6-7,10,21H,4-5,8-9H2. The third kappa shape index (κ3) is 3.83.